The number of likely N-dealkylation sites (tertiary alicyclic amines) is 1. The fraction of sp³-hybridized carbons (Fsp3) is 0.750. The first-order chi connectivity index (χ1) is 19.7. The molecule has 3 amide bonds. The Labute approximate surface area is 249 Å². The lowest BCUT2D eigenvalue weighted by Gasteiger charge is -2.38. The number of amides is 3. The average molecular weight is 590 g/mol. The zero-order valence-corrected chi connectivity index (χ0v) is 27.0. The van der Waals surface area contributed by atoms with Gasteiger partial charge in [0.2, 0.25) is 0 Å². The SMILES string of the molecule is COCCCO[C@@H](c1ccccc1)[C@@H]1CCCN(C(=O)N[C@H](CNC(=O)OCC[Si](C)(C)C)CC2CCCCC2)C1. The lowest BCUT2D eigenvalue weighted by atomic mass is 9.85. The molecular formula is C32H55N3O5Si. The van der Waals surface area contributed by atoms with Crippen LogP contribution < -0.4 is 10.6 Å². The maximum Gasteiger partial charge on any atom is 0.407 e. The van der Waals surface area contributed by atoms with E-state index in [1.165, 1.54) is 32.1 Å². The summed E-state index contributed by atoms with van der Waals surface area (Å²) >= 11 is 0. The van der Waals surface area contributed by atoms with E-state index in [1.54, 1.807) is 7.11 Å². The van der Waals surface area contributed by atoms with Crippen LogP contribution in [-0.4, -0.2) is 77.7 Å². The third-order valence-electron chi connectivity index (χ3n) is 8.34. The van der Waals surface area contributed by atoms with Gasteiger partial charge < -0.3 is 29.7 Å². The maximum absolute atomic E-state index is 13.6. The van der Waals surface area contributed by atoms with Crippen molar-refractivity contribution in [2.75, 3.05) is 46.6 Å². The molecule has 0 radical (unpaired) electrons. The average Bonchev–Trinajstić information content (AvgIpc) is 2.96. The van der Waals surface area contributed by atoms with Gasteiger partial charge in [-0.2, -0.15) is 0 Å². The molecular weight excluding hydrogens is 534 g/mol. The van der Waals surface area contributed by atoms with E-state index in [1.807, 2.05) is 23.1 Å². The number of carbonyl (C=O) groups excluding carboxylic acids is 2. The molecule has 1 heterocycles. The van der Waals surface area contributed by atoms with Gasteiger partial charge in [0.1, 0.15) is 0 Å². The minimum absolute atomic E-state index is 0.0457. The molecule has 0 unspecified atom stereocenters. The van der Waals surface area contributed by atoms with Gasteiger partial charge in [0.05, 0.1) is 12.7 Å². The highest BCUT2D eigenvalue weighted by molar-refractivity contribution is 6.76. The second-order valence-electron chi connectivity index (χ2n) is 13.1. The van der Waals surface area contributed by atoms with Crippen molar-refractivity contribution in [1.29, 1.82) is 0 Å². The maximum atomic E-state index is 13.6. The number of nitrogens with one attached hydrogen (secondary N) is 2. The third kappa shape index (κ3) is 12.7. The molecule has 0 spiro atoms. The Morgan fingerprint density at radius 2 is 1.76 bits per heavy atom. The van der Waals surface area contributed by atoms with Crippen LogP contribution >= 0.6 is 0 Å². The second-order valence-corrected chi connectivity index (χ2v) is 18.7. The molecule has 41 heavy (non-hydrogen) atoms. The first kappa shape index (κ1) is 33.4. The largest absolute Gasteiger partial charge is 0.450 e. The number of nitrogens with zero attached hydrogens (tertiary/aromatic N) is 1. The van der Waals surface area contributed by atoms with E-state index >= 15 is 0 Å². The van der Waals surface area contributed by atoms with Crippen molar-refractivity contribution in [3.05, 3.63) is 35.9 Å². The fourth-order valence-corrected chi connectivity index (χ4v) is 6.71. The molecule has 1 saturated heterocycles. The number of rotatable bonds is 15. The van der Waals surface area contributed by atoms with Crippen LogP contribution in [0.1, 0.15) is 69.5 Å². The minimum atomic E-state index is -1.27. The predicted octanol–water partition coefficient (Wildman–Crippen LogP) is 6.61. The number of hydrogen-bond donors (Lipinski definition) is 2. The second kappa shape index (κ2) is 17.8. The number of alkyl carbamates (subject to hydrolysis) is 1. The Morgan fingerprint density at radius 1 is 1.00 bits per heavy atom. The molecule has 2 aliphatic rings. The Morgan fingerprint density at radius 3 is 2.46 bits per heavy atom. The van der Waals surface area contributed by atoms with Gasteiger partial charge in [-0.15, -0.1) is 0 Å². The number of benzene rings is 1. The Hall–Kier alpha value is -2.10. The number of carbonyl (C=O) groups is 2. The lowest BCUT2D eigenvalue weighted by molar-refractivity contribution is -0.0168. The van der Waals surface area contributed by atoms with Gasteiger partial charge >= 0.3 is 12.1 Å². The summed E-state index contributed by atoms with van der Waals surface area (Å²) in [4.78, 5) is 28.0. The molecule has 1 aromatic carbocycles. The fourth-order valence-electron chi connectivity index (χ4n) is 5.99. The van der Waals surface area contributed by atoms with E-state index in [4.69, 9.17) is 14.2 Å². The lowest BCUT2D eigenvalue weighted by Crippen LogP contribution is -2.52. The monoisotopic (exact) mass is 589 g/mol. The number of methoxy groups -OCH3 is 1. The highest BCUT2D eigenvalue weighted by atomic mass is 28.3. The van der Waals surface area contributed by atoms with Crippen molar-refractivity contribution >= 4 is 20.2 Å². The summed E-state index contributed by atoms with van der Waals surface area (Å²) in [6.07, 6.45) is 9.40. The van der Waals surface area contributed by atoms with E-state index in [-0.39, 0.29) is 30.2 Å². The molecule has 1 aliphatic carbocycles. The van der Waals surface area contributed by atoms with Crippen LogP contribution in [0.15, 0.2) is 30.3 Å². The normalized spacial score (nSPS) is 19.8. The number of piperidine rings is 1. The molecule has 0 aromatic heterocycles. The summed E-state index contributed by atoms with van der Waals surface area (Å²) in [6.45, 7) is 10.3. The smallest absolute Gasteiger partial charge is 0.407 e. The first-order valence-corrected chi connectivity index (χ1v) is 19.6. The molecule has 8 nitrogen and oxygen atoms in total. The molecule has 1 aromatic rings. The van der Waals surface area contributed by atoms with Gasteiger partial charge in [-0.25, -0.2) is 9.59 Å². The van der Waals surface area contributed by atoms with Crippen LogP contribution in [0, 0.1) is 11.8 Å². The molecule has 9 heteroatoms. The summed E-state index contributed by atoms with van der Waals surface area (Å²) in [5.74, 6) is 0.798. The Bertz CT molecular complexity index is 891. The molecule has 2 N–H and O–H groups in total. The van der Waals surface area contributed by atoms with E-state index in [0.29, 0.717) is 38.8 Å². The zero-order chi connectivity index (χ0) is 29.5. The topological polar surface area (TPSA) is 89.1 Å². The van der Waals surface area contributed by atoms with E-state index in [2.05, 4.69) is 42.4 Å². The molecule has 3 rings (SSSR count). The van der Waals surface area contributed by atoms with E-state index < -0.39 is 8.07 Å². The van der Waals surface area contributed by atoms with Crippen molar-refractivity contribution in [2.24, 2.45) is 11.8 Å². The standard InChI is InChI=1S/C32H55N3O5Si/c1-38-19-12-20-39-30(27-15-9-6-10-16-27)28-17-11-18-35(25-28)31(36)34-29(23-26-13-7-5-8-14-26)24-33-32(37)40-21-22-41(2,3)4/h6,9-10,15-16,26,28-30H,5,7-8,11-14,17-25H2,1-4H3,(H,33,37)(H,34,36)/t28-,29+,30+/m1/s1. The number of hydrogen-bond acceptors (Lipinski definition) is 5. The third-order valence-corrected chi connectivity index (χ3v) is 10.0. The first-order valence-electron chi connectivity index (χ1n) is 15.9. The minimum Gasteiger partial charge on any atom is -0.450 e. The van der Waals surface area contributed by atoms with E-state index in [0.717, 1.165) is 43.8 Å². The molecule has 1 saturated carbocycles. The highest BCUT2D eigenvalue weighted by Crippen LogP contribution is 2.33. The Balaban J connectivity index is 1.59. The van der Waals surface area contributed by atoms with Gasteiger partial charge in [-0.1, -0.05) is 82.1 Å². The quantitative estimate of drug-likeness (QED) is 0.178. The molecule has 0 bridgehead atoms. The van der Waals surface area contributed by atoms with Crippen molar-refractivity contribution in [3.8, 4) is 0 Å². The summed E-state index contributed by atoms with van der Waals surface area (Å²) in [6, 6.07) is 11.1. The number of urea groups is 1. The van der Waals surface area contributed by atoms with Crippen LogP contribution in [0.25, 0.3) is 0 Å². The summed E-state index contributed by atoms with van der Waals surface area (Å²) < 4.78 is 17.1. The van der Waals surface area contributed by atoms with Crippen LogP contribution in [0.2, 0.25) is 25.7 Å². The summed E-state index contributed by atoms with van der Waals surface area (Å²) in [5, 5.41) is 6.23. The van der Waals surface area contributed by atoms with Gasteiger partial charge in [0, 0.05) is 60.0 Å². The van der Waals surface area contributed by atoms with Crippen molar-refractivity contribution in [2.45, 2.75) is 95.6 Å². The summed E-state index contributed by atoms with van der Waals surface area (Å²) in [5.41, 5.74) is 1.16. The van der Waals surface area contributed by atoms with Crippen molar-refractivity contribution in [3.63, 3.8) is 0 Å². The molecule has 2 fully saturated rings. The number of ether oxygens (including phenoxy) is 3. The van der Waals surface area contributed by atoms with Gasteiger partial charge in [-0.05, 0) is 43.2 Å². The van der Waals surface area contributed by atoms with Gasteiger partial charge in [-0.3, -0.25) is 0 Å². The van der Waals surface area contributed by atoms with Gasteiger partial charge in [0.25, 0.3) is 0 Å². The predicted molar refractivity (Wildman–Crippen MR) is 167 cm³/mol. The molecule has 1 aliphatic heterocycles. The van der Waals surface area contributed by atoms with Crippen LogP contribution in [0.3, 0.4) is 0 Å². The van der Waals surface area contributed by atoms with E-state index in [9.17, 15) is 9.59 Å². The molecule has 232 valence electrons. The van der Waals surface area contributed by atoms with Gasteiger partial charge in [0.15, 0.2) is 0 Å². The Kier molecular flexibility index (Phi) is 14.5. The van der Waals surface area contributed by atoms with Crippen LogP contribution in [0.4, 0.5) is 9.59 Å². The van der Waals surface area contributed by atoms with Crippen molar-refractivity contribution < 1.29 is 23.8 Å². The summed E-state index contributed by atoms with van der Waals surface area (Å²) in [7, 11) is 0.440. The van der Waals surface area contributed by atoms with Crippen molar-refractivity contribution in [1.82, 2.24) is 15.5 Å². The molecule has 3 atom stereocenters. The highest BCUT2D eigenvalue weighted by Gasteiger charge is 2.32. The zero-order valence-electron chi connectivity index (χ0n) is 26.0. The van der Waals surface area contributed by atoms with Crippen LogP contribution in [-0.2, 0) is 14.2 Å². The van der Waals surface area contributed by atoms with Crippen LogP contribution in [0.5, 0.6) is 0 Å².